The van der Waals surface area contributed by atoms with Crippen LogP contribution in [0.3, 0.4) is 0 Å². The van der Waals surface area contributed by atoms with Crippen molar-refractivity contribution < 1.29 is 18.7 Å². The Labute approximate surface area is 104 Å². The Bertz CT molecular complexity index is 451. The molecule has 1 aliphatic heterocycles. The Kier molecular flexibility index (Phi) is 3.58. The molecule has 1 aliphatic rings. The van der Waals surface area contributed by atoms with Crippen molar-refractivity contribution in [3.63, 3.8) is 0 Å². The summed E-state index contributed by atoms with van der Waals surface area (Å²) in [5.74, 6) is -1.65. The fourth-order valence-corrected chi connectivity index (χ4v) is 1.72. The number of amides is 1. The second kappa shape index (κ2) is 4.99. The molecule has 2 heterocycles. The van der Waals surface area contributed by atoms with E-state index < -0.39 is 11.7 Å². The summed E-state index contributed by atoms with van der Waals surface area (Å²) in [6.45, 7) is 4.38. The van der Waals surface area contributed by atoms with Gasteiger partial charge in [0.25, 0.3) is 5.91 Å². The first-order chi connectivity index (χ1) is 8.46. The van der Waals surface area contributed by atoms with E-state index in [1.165, 1.54) is 12.3 Å². The Balaban J connectivity index is 1.86. The number of hydrogen-bond donors (Lipinski definition) is 1. The van der Waals surface area contributed by atoms with Gasteiger partial charge < -0.3 is 14.8 Å². The summed E-state index contributed by atoms with van der Waals surface area (Å²) in [5.41, 5.74) is 0.237. The molecule has 1 amide bonds. The average molecular weight is 254 g/mol. The molecule has 98 valence electrons. The van der Waals surface area contributed by atoms with Gasteiger partial charge in [0.05, 0.1) is 6.61 Å². The minimum atomic E-state index is -0.677. The molecular formula is C12H15FN2O3. The number of carbonyl (C=O) groups excluding carboxylic acids is 1. The highest BCUT2D eigenvalue weighted by molar-refractivity contribution is 5.94. The zero-order valence-corrected chi connectivity index (χ0v) is 10.3. The van der Waals surface area contributed by atoms with Crippen molar-refractivity contribution in [1.29, 1.82) is 0 Å². The lowest BCUT2D eigenvalue weighted by molar-refractivity contribution is -0.137. The summed E-state index contributed by atoms with van der Waals surface area (Å²) < 4.78 is 23.7. The van der Waals surface area contributed by atoms with Gasteiger partial charge in [-0.05, 0) is 19.9 Å². The van der Waals surface area contributed by atoms with Gasteiger partial charge in [-0.3, -0.25) is 4.79 Å². The maximum atomic E-state index is 12.8. The minimum Gasteiger partial charge on any atom is -0.349 e. The van der Waals surface area contributed by atoms with Crippen molar-refractivity contribution >= 4 is 5.91 Å². The van der Waals surface area contributed by atoms with Crippen molar-refractivity contribution in [3.8, 4) is 0 Å². The molecule has 0 spiro atoms. The van der Waals surface area contributed by atoms with E-state index in [9.17, 15) is 9.18 Å². The molecule has 1 aromatic rings. The molecule has 1 atom stereocenters. The zero-order valence-electron chi connectivity index (χ0n) is 10.3. The maximum absolute atomic E-state index is 12.8. The summed E-state index contributed by atoms with van der Waals surface area (Å²) in [4.78, 5) is 15.1. The molecule has 2 rings (SSSR count). The van der Waals surface area contributed by atoms with Crippen LogP contribution in [-0.4, -0.2) is 35.9 Å². The van der Waals surface area contributed by atoms with E-state index in [0.29, 0.717) is 13.2 Å². The van der Waals surface area contributed by atoms with Crippen LogP contribution in [0, 0.1) is 5.95 Å². The third kappa shape index (κ3) is 3.24. The predicted molar refractivity (Wildman–Crippen MR) is 61.4 cm³/mol. The molecule has 5 nitrogen and oxygen atoms in total. The SMILES string of the molecule is CC1(C)OCC(CNC(=O)c2ccnc(F)c2)O1. The highest BCUT2D eigenvalue weighted by Crippen LogP contribution is 2.21. The molecule has 6 heteroatoms. The quantitative estimate of drug-likeness (QED) is 0.821. The van der Waals surface area contributed by atoms with Gasteiger partial charge in [0.2, 0.25) is 5.95 Å². The number of hydrogen-bond acceptors (Lipinski definition) is 4. The van der Waals surface area contributed by atoms with Crippen LogP contribution in [-0.2, 0) is 9.47 Å². The molecule has 1 saturated heterocycles. The van der Waals surface area contributed by atoms with Crippen molar-refractivity contribution in [3.05, 3.63) is 29.8 Å². The van der Waals surface area contributed by atoms with Crippen molar-refractivity contribution in [1.82, 2.24) is 10.3 Å². The molecule has 0 radical (unpaired) electrons. The molecule has 1 aromatic heterocycles. The molecule has 0 aromatic carbocycles. The predicted octanol–water partition coefficient (Wildman–Crippen LogP) is 1.10. The standard InChI is InChI=1S/C12H15FN2O3/c1-12(2)17-7-9(18-12)6-15-11(16)8-3-4-14-10(13)5-8/h3-5,9H,6-7H2,1-2H3,(H,15,16). The monoisotopic (exact) mass is 254 g/mol. The zero-order chi connectivity index (χ0) is 13.2. The first-order valence-electron chi connectivity index (χ1n) is 5.68. The second-order valence-electron chi connectivity index (χ2n) is 4.53. The molecular weight excluding hydrogens is 239 g/mol. The lowest BCUT2D eigenvalue weighted by Crippen LogP contribution is -2.34. The van der Waals surface area contributed by atoms with Crippen LogP contribution >= 0.6 is 0 Å². The summed E-state index contributed by atoms with van der Waals surface area (Å²) >= 11 is 0. The fraction of sp³-hybridized carbons (Fsp3) is 0.500. The molecule has 1 N–H and O–H groups in total. The first-order valence-corrected chi connectivity index (χ1v) is 5.68. The number of halogens is 1. The van der Waals surface area contributed by atoms with Crippen LogP contribution in [0.4, 0.5) is 4.39 Å². The second-order valence-corrected chi connectivity index (χ2v) is 4.53. The van der Waals surface area contributed by atoms with Crippen LogP contribution in [0.1, 0.15) is 24.2 Å². The summed E-state index contributed by atoms with van der Waals surface area (Å²) in [5, 5.41) is 2.67. The minimum absolute atomic E-state index is 0.185. The van der Waals surface area contributed by atoms with Gasteiger partial charge in [0.15, 0.2) is 5.79 Å². The fourth-order valence-electron chi connectivity index (χ4n) is 1.72. The van der Waals surface area contributed by atoms with E-state index in [-0.39, 0.29) is 17.6 Å². The number of carbonyl (C=O) groups is 1. The van der Waals surface area contributed by atoms with Crippen molar-refractivity contribution in [2.24, 2.45) is 0 Å². The normalized spacial score (nSPS) is 21.8. The van der Waals surface area contributed by atoms with Gasteiger partial charge >= 0.3 is 0 Å². The van der Waals surface area contributed by atoms with Gasteiger partial charge in [-0.1, -0.05) is 0 Å². The van der Waals surface area contributed by atoms with E-state index in [0.717, 1.165) is 6.07 Å². The smallest absolute Gasteiger partial charge is 0.251 e. The van der Waals surface area contributed by atoms with Gasteiger partial charge in [-0.2, -0.15) is 4.39 Å². The molecule has 18 heavy (non-hydrogen) atoms. The Morgan fingerprint density at radius 3 is 3.06 bits per heavy atom. The van der Waals surface area contributed by atoms with E-state index in [1.807, 2.05) is 13.8 Å². The lowest BCUT2D eigenvalue weighted by atomic mass is 10.2. The Morgan fingerprint density at radius 1 is 1.67 bits per heavy atom. The average Bonchev–Trinajstić information content (AvgIpc) is 2.66. The van der Waals surface area contributed by atoms with Crippen LogP contribution < -0.4 is 5.32 Å². The van der Waals surface area contributed by atoms with Gasteiger partial charge in [-0.15, -0.1) is 0 Å². The van der Waals surface area contributed by atoms with E-state index in [2.05, 4.69) is 10.3 Å². The molecule has 0 saturated carbocycles. The third-order valence-corrected chi connectivity index (χ3v) is 2.55. The summed E-state index contributed by atoms with van der Waals surface area (Å²) in [7, 11) is 0. The largest absolute Gasteiger partial charge is 0.349 e. The van der Waals surface area contributed by atoms with Crippen LogP contribution in [0.5, 0.6) is 0 Å². The van der Waals surface area contributed by atoms with Crippen molar-refractivity contribution in [2.75, 3.05) is 13.2 Å². The third-order valence-electron chi connectivity index (χ3n) is 2.55. The maximum Gasteiger partial charge on any atom is 0.251 e. The number of nitrogens with zero attached hydrogens (tertiary/aromatic N) is 1. The van der Waals surface area contributed by atoms with Crippen LogP contribution in [0.25, 0.3) is 0 Å². The van der Waals surface area contributed by atoms with Gasteiger partial charge in [-0.25, -0.2) is 4.98 Å². The first kappa shape index (κ1) is 12.9. The van der Waals surface area contributed by atoms with E-state index >= 15 is 0 Å². The number of aromatic nitrogens is 1. The summed E-state index contributed by atoms with van der Waals surface area (Å²) in [6.07, 6.45) is 1.07. The van der Waals surface area contributed by atoms with Crippen molar-refractivity contribution in [2.45, 2.75) is 25.7 Å². The molecule has 1 unspecified atom stereocenters. The lowest BCUT2D eigenvalue weighted by Gasteiger charge is -2.17. The van der Waals surface area contributed by atoms with Crippen LogP contribution in [0.15, 0.2) is 18.3 Å². The molecule has 0 bridgehead atoms. The number of pyridine rings is 1. The van der Waals surface area contributed by atoms with E-state index in [1.54, 1.807) is 0 Å². The Morgan fingerprint density at radius 2 is 2.44 bits per heavy atom. The molecule has 1 fully saturated rings. The molecule has 0 aliphatic carbocycles. The summed E-state index contributed by atoms with van der Waals surface area (Å²) in [6, 6.07) is 2.54. The van der Waals surface area contributed by atoms with E-state index in [4.69, 9.17) is 9.47 Å². The van der Waals surface area contributed by atoms with Crippen LogP contribution in [0.2, 0.25) is 0 Å². The number of nitrogens with one attached hydrogen (secondary N) is 1. The Hall–Kier alpha value is -1.53. The number of rotatable bonds is 3. The van der Waals surface area contributed by atoms with Gasteiger partial charge in [0.1, 0.15) is 6.10 Å². The highest BCUT2D eigenvalue weighted by Gasteiger charge is 2.32. The number of ether oxygens (including phenoxy) is 2. The van der Waals surface area contributed by atoms with Gasteiger partial charge in [0, 0.05) is 24.4 Å². The topological polar surface area (TPSA) is 60.5 Å². The highest BCUT2D eigenvalue weighted by atomic mass is 19.1.